The molecule has 1 aromatic carbocycles. The minimum Gasteiger partial charge on any atom is -0.381 e. The zero-order valence-electron chi connectivity index (χ0n) is 23.9. The van der Waals surface area contributed by atoms with Crippen LogP contribution < -0.4 is 21.6 Å². The van der Waals surface area contributed by atoms with Gasteiger partial charge in [-0.15, -0.1) is 5.53 Å². The number of hydrogen-bond acceptors (Lipinski definition) is 9. The van der Waals surface area contributed by atoms with Crippen LogP contribution in [-0.4, -0.2) is 46.2 Å². The predicted molar refractivity (Wildman–Crippen MR) is 158 cm³/mol. The summed E-state index contributed by atoms with van der Waals surface area (Å²) in [6.45, 7) is 7.09. The lowest BCUT2D eigenvalue weighted by Gasteiger charge is -2.39. The Morgan fingerprint density at radius 3 is 2.72 bits per heavy atom. The summed E-state index contributed by atoms with van der Waals surface area (Å²) in [6, 6.07) is 8.06. The molecule has 2 atom stereocenters. The number of rotatable bonds is 8. The van der Waals surface area contributed by atoms with Crippen molar-refractivity contribution < 1.29 is 17.9 Å². The first-order chi connectivity index (χ1) is 20.5. The van der Waals surface area contributed by atoms with Crippen LogP contribution in [-0.2, 0) is 4.74 Å². The lowest BCUT2D eigenvalue weighted by molar-refractivity contribution is 0.00350. The molecule has 4 N–H and O–H groups in total. The first-order valence-corrected chi connectivity index (χ1v) is 14.5. The third-order valence-electron chi connectivity index (χ3n) is 8.59. The summed E-state index contributed by atoms with van der Waals surface area (Å²) >= 11 is 6.77. The topological polar surface area (TPSA) is 110 Å². The van der Waals surface area contributed by atoms with Crippen molar-refractivity contribution in [3.63, 3.8) is 0 Å². The zero-order chi connectivity index (χ0) is 30.5. The Kier molecular flexibility index (Phi) is 7.52. The second kappa shape index (κ2) is 11.0. The summed E-state index contributed by atoms with van der Waals surface area (Å²) in [5.74, 6) is -0.627. The minimum absolute atomic E-state index is 0.0320. The number of fused-ring (bicyclic) bond motifs is 1. The molecule has 43 heavy (non-hydrogen) atoms. The van der Waals surface area contributed by atoms with Crippen molar-refractivity contribution in [3.8, 4) is 6.07 Å². The molecule has 13 heteroatoms. The van der Waals surface area contributed by atoms with E-state index in [2.05, 4.69) is 51.5 Å². The molecule has 3 aliphatic rings. The van der Waals surface area contributed by atoms with Gasteiger partial charge in [0.2, 0.25) is 5.95 Å². The Labute approximate surface area is 252 Å². The van der Waals surface area contributed by atoms with E-state index in [1.807, 2.05) is 6.07 Å². The Hall–Kier alpha value is -3.79. The van der Waals surface area contributed by atoms with Crippen molar-refractivity contribution >= 4 is 33.9 Å². The number of alkyl halides is 2. The zero-order valence-corrected chi connectivity index (χ0v) is 24.7. The Morgan fingerprint density at radius 1 is 1.26 bits per heavy atom. The largest absolute Gasteiger partial charge is 0.381 e. The van der Waals surface area contributed by atoms with Gasteiger partial charge >= 0.3 is 0 Å². The van der Waals surface area contributed by atoms with Gasteiger partial charge in [-0.2, -0.15) is 9.65 Å². The predicted octanol–water partition coefficient (Wildman–Crippen LogP) is 5.95. The SMILES string of the molecule is Cc1nc(F)ccc1[C@H](Nc1cc(Cl)c2ncc(C#N)c(N[C@H]3CCOCC3(C)C)c2c1)C1=CN(C2(C(F)F)CC2)NN1. The molecular weight excluding hydrogens is 581 g/mol. The first kappa shape index (κ1) is 29.3. The van der Waals surface area contributed by atoms with E-state index in [4.69, 9.17) is 16.3 Å². The summed E-state index contributed by atoms with van der Waals surface area (Å²) in [7, 11) is 0. The molecule has 2 fully saturated rings. The normalized spacial score (nSPS) is 21.2. The fourth-order valence-electron chi connectivity index (χ4n) is 5.80. The van der Waals surface area contributed by atoms with Crippen LogP contribution in [0.4, 0.5) is 24.5 Å². The molecule has 0 radical (unpaired) electrons. The van der Waals surface area contributed by atoms with E-state index in [-0.39, 0.29) is 11.5 Å². The van der Waals surface area contributed by atoms with Gasteiger partial charge in [-0.05, 0) is 44.4 Å². The summed E-state index contributed by atoms with van der Waals surface area (Å²) in [4.78, 5) is 8.46. The molecule has 6 rings (SSSR count). The van der Waals surface area contributed by atoms with Gasteiger partial charge < -0.3 is 20.8 Å². The van der Waals surface area contributed by atoms with Crippen molar-refractivity contribution in [2.45, 2.75) is 64.1 Å². The number of anilines is 2. The van der Waals surface area contributed by atoms with Crippen molar-refractivity contribution in [3.05, 3.63) is 70.2 Å². The fourth-order valence-corrected chi connectivity index (χ4v) is 6.06. The Morgan fingerprint density at radius 2 is 2.05 bits per heavy atom. The standard InChI is InChI=1S/C30H32ClF3N8O/c1-16-19(4-5-24(32)37-16)27(22-14-42(41-40-22)30(7-8-30)28(33)34)38-18-10-20-25(39-23-6-9-43-15-29(23,2)3)17(12-35)13-36-26(20)21(31)11-18/h4-5,10-11,13-14,23,27-28,38,40-41H,6-9,15H2,1-3H3,(H,36,39)/t23-,27-/m0/s1. The van der Waals surface area contributed by atoms with Crippen molar-refractivity contribution in [2.24, 2.45) is 5.41 Å². The van der Waals surface area contributed by atoms with Crippen LogP contribution in [0.15, 0.2) is 42.4 Å². The fraction of sp³-hybridized carbons (Fsp3) is 0.433. The van der Waals surface area contributed by atoms with Crippen LogP contribution in [0.3, 0.4) is 0 Å². The van der Waals surface area contributed by atoms with Gasteiger partial charge in [-0.3, -0.25) is 9.99 Å². The summed E-state index contributed by atoms with van der Waals surface area (Å²) in [5.41, 5.74) is 8.10. The lowest BCUT2D eigenvalue weighted by atomic mass is 9.81. The smallest absolute Gasteiger partial charge is 0.262 e. The van der Waals surface area contributed by atoms with Crippen LogP contribution in [0, 0.1) is 29.6 Å². The maximum absolute atomic E-state index is 14.0. The summed E-state index contributed by atoms with van der Waals surface area (Å²) < 4.78 is 47.4. The second-order valence-electron chi connectivity index (χ2n) is 12.0. The molecule has 1 saturated heterocycles. The second-order valence-corrected chi connectivity index (χ2v) is 12.4. The number of hydrogen-bond donors (Lipinski definition) is 4. The number of nitriles is 1. The number of nitrogens with one attached hydrogen (secondary N) is 4. The molecule has 2 aliphatic heterocycles. The van der Waals surface area contributed by atoms with Crippen molar-refractivity contribution in [1.82, 2.24) is 25.9 Å². The van der Waals surface area contributed by atoms with E-state index in [0.29, 0.717) is 75.9 Å². The van der Waals surface area contributed by atoms with Crippen LogP contribution in [0.25, 0.3) is 10.9 Å². The maximum Gasteiger partial charge on any atom is 0.262 e. The number of halogens is 4. The molecule has 0 amide bonds. The highest BCUT2D eigenvalue weighted by Gasteiger charge is 2.56. The minimum atomic E-state index is -2.54. The van der Waals surface area contributed by atoms with Crippen LogP contribution in [0.2, 0.25) is 5.02 Å². The molecule has 1 aliphatic carbocycles. The van der Waals surface area contributed by atoms with Crippen LogP contribution in [0.5, 0.6) is 0 Å². The highest BCUT2D eigenvalue weighted by atomic mass is 35.5. The average molecular weight is 613 g/mol. The number of benzene rings is 1. The third kappa shape index (κ3) is 5.41. The van der Waals surface area contributed by atoms with E-state index in [9.17, 15) is 18.4 Å². The van der Waals surface area contributed by atoms with Gasteiger partial charge in [0.25, 0.3) is 6.43 Å². The highest BCUT2D eigenvalue weighted by molar-refractivity contribution is 6.35. The van der Waals surface area contributed by atoms with E-state index in [1.54, 1.807) is 25.3 Å². The van der Waals surface area contributed by atoms with Crippen molar-refractivity contribution in [1.29, 1.82) is 5.26 Å². The lowest BCUT2D eigenvalue weighted by Crippen LogP contribution is -2.48. The molecule has 2 aromatic heterocycles. The monoisotopic (exact) mass is 612 g/mol. The average Bonchev–Trinajstić information content (AvgIpc) is 3.63. The quantitative estimate of drug-likeness (QED) is 0.230. The highest BCUT2D eigenvalue weighted by Crippen LogP contribution is 2.47. The van der Waals surface area contributed by atoms with Gasteiger partial charge in [0, 0.05) is 52.8 Å². The maximum atomic E-state index is 14.0. The van der Waals surface area contributed by atoms with E-state index >= 15 is 0 Å². The molecule has 0 spiro atoms. The van der Waals surface area contributed by atoms with Gasteiger partial charge in [-0.25, -0.2) is 13.8 Å². The number of pyridine rings is 2. The van der Waals surface area contributed by atoms with Gasteiger partial charge in [0.15, 0.2) is 0 Å². The molecular formula is C30H32ClF3N8O. The third-order valence-corrected chi connectivity index (χ3v) is 8.88. The molecule has 226 valence electrons. The number of aryl methyl sites for hydroxylation is 1. The molecule has 9 nitrogen and oxygen atoms in total. The first-order valence-electron chi connectivity index (χ1n) is 14.1. The molecule has 4 heterocycles. The number of aromatic nitrogens is 2. The van der Waals surface area contributed by atoms with E-state index in [1.165, 1.54) is 17.3 Å². The van der Waals surface area contributed by atoms with Gasteiger partial charge in [0.05, 0.1) is 40.1 Å². The number of hydrazine groups is 2. The van der Waals surface area contributed by atoms with Gasteiger partial charge in [0.1, 0.15) is 11.6 Å². The molecule has 3 aromatic rings. The Bertz CT molecular complexity index is 1640. The van der Waals surface area contributed by atoms with E-state index < -0.39 is 24.0 Å². The number of ether oxygens (including phenoxy) is 1. The molecule has 0 bridgehead atoms. The van der Waals surface area contributed by atoms with Gasteiger partial charge in [-0.1, -0.05) is 31.5 Å². The van der Waals surface area contributed by atoms with E-state index in [0.717, 1.165) is 6.42 Å². The number of nitrogens with zero attached hydrogens (tertiary/aromatic N) is 4. The summed E-state index contributed by atoms with van der Waals surface area (Å²) in [5, 5.41) is 19.4. The Balaban J connectivity index is 1.42. The van der Waals surface area contributed by atoms with Crippen molar-refractivity contribution in [2.75, 3.05) is 23.8 Å². The summed E-state index contributed by atoms with van der Waals surface area (Å²) in [6.07, 6.45) is 2.05. The molecule has 1 saturated carbocycles. The van der Waals surface area contributed by atoms with Crippen LogP contribution in [0.1, 0.15) is 56.0 Å². The molecule has 0 unspecified atom stereocenters. The van der Waals surface area contributed by atoms with Crippen LogP contribution >= 0.6 is 11.6 Å².